The standard InChI is InChI=1S/C36H36N12O8/c37-33(38)45-29(53)21-5-13-1-14-6-22(30(54)46-34(39)40)8-16(26(14)50)3-18-10-24(32(56)48-36(43)44)12-20(28(18)52)4-19-11-23(31(55)47-35(41)42)9-17(27(19)51)2-15(7-21)25(13)49/h5-12,49-52H,1-4H2,(H4,37,38,45,53)(H4,39,40,46,54)(H4,41,42,47,55)(H4,43,44,48,56). The van der Waals surface area contributed by atoms with E-state index in [-0.39, 0.29) is 92.4 Å². The van der Waals surface area contributed by atoms with Gasteiger partial charge in [0.05, 0.1) is 0 Å². The molecule has 4 amide bonds. The summed E-state index contributed by atoms with van der Waals surface area (Å²) >= 11 is 0. The van der Waals surface area contributed by atoms with Crippen LogP contribution < -0.4 is 45.9 Å². The molecule has 1 aliphatic rings. The topological polar surface area (TPSA) is 407 Å². The van der Waals surface area contributed by atoms with Gasteiger partial charge in [-0.2, -0.15) is 20.0 Å². The Morgan fingerprint density at radius 2 is 0.482 bits per heavy atom. The van der Waals surface area contributed by atoms with Crippen molar-refractivity contribution in [2.24, 2.45) is 65.8 Å². The van der Waals surface area contributed by atoms with E-state index in [1.807, 2.05) is 0 Å². The number of aromatic hydroxyl groups is 4. The molecule has 56 heavy (non-hydrogen) atoms. The lowest BCUT2D eigenvalue weighted by atomic mass is 9.88. The van der Waals surface area contributed by atoms with E-state index in [1.165, 1.54) is 48.5 Å². The molecule has 8 bridgehead atoms. The van der Waals surface area contributed by atoms with Gasteiger partial charge in [0.2, 0.25) is 0 Å². The summed E-state index contributed by atoms with van der Waals surface area (Å²) in [6.07, 6.45) is -1.43. The van der Waals surface area contributed by atoms with Crippen LogP contribution in [0.3, 0.4) is 0 Å². The fraction of sp³-hybridized carbons (Fsp3) is 0.111. The van der Waals surface area contributed by atoms with Gasteiger partial charge in [-0.1, -0.05) is 0 Å². The maximum absolute atomic E-state index is 13.1. The summed E-state index contributed by atoms with van der Waals surface area (Å²) in [6, 6.07) is 10.0. The van der Waals surface area contributed by atoms with E-state index in [4.69, 9.17) is 45.9 Å². The fourth-order valence-corrected chi connectivity index (χ4v) is 6.16. The molecular weight excluding hydrogens is 728 g/mol. The summed E-state index contributed by atoms with van der Waals surface area (Å²) in [7, 11) is 0. The van der Waals surface area contributed by atoms with Gasteiger partial charge in [0, 0.05) is 47.9 Å². The summed E-state index contributed by atoms with van der Waals surface area (Å²) < 4.78 is 0. The second-order valence-corrected chi connectivity index (χ2v) is 12.6. The highest BCUT2D eigenvalue weighted by molar-refractivity contribution is 6.04. The molecule has 0 aliphatic heterocycles. The zero-order valence-electron chi connectivity index (χ0n) is 29.3. The third kappa shape index (κ3) is 8.55. The van der Waals surface area contributed by atoms with Gasteiger partial charge in [-0.25, -0.2) is 0 Å². The number of rotatable bonds is 4. The Kier molecular flexibility index (Phi) is 10.8. The zero-order valence-corrected chi connectivity index (χ0v) is 29.3. The molecule has 0 saturated heterocycles. The molecule has 0 atom stereocenters. The van der Waals surface area contributed by atoms with Crippen molar-refractivity contribution in [3.05, 3.63) is 115 Å². The molecule has 0 radical (unpaired) electrons. The van der Waals surface area contributed by atoms with Crippen molar-refractivity contribution in [2.75, 3.05) is 0 Å². The van der Waals surface area contributed by atoms with E-state index in [1.54, 1.807) is 0 Å². The van der Waals surface area contributed by atoms with Crippen LogP contribution in [0.5, 0.6) is 23.0 Å². The molecular formula is C36H36N12O8. The largest absolute Gasteiger partial charge is 0.507 e. The van der Waals surface area contributed by atoms with Crippen LogP contribution in [-0.2, 0) is 25.7 Å². The molecule has 20 nitrogen and oxygen atoms in total. The monoisotopic (exact) mass is 764 g/mol. The third-order valence-corrected chi connectivity index (χ3v) is 8.51. The smallest absolute Gasteiger partial charge is 0.280 e. The van der Waals surface area contributed by atoms with Crippen molar-refractivity contribution in [2.45, 2.75) is 25.7 Å². The number of carbonyl (C=O) groups is 4. The number of aliphatic imine (C=N–C) groups is 4. The lowest BCUT2D eigenvalue weighted by Gasteiger charge is -2.19. The number of hydrogen-bond acceptors (Lipinski definition) is 8. The maximum Gasteiger partial charge on any atom is 0.280 e. The van der Waals surface area contributed by atoms with Gasteiger partial charge in [-0.15, -0.1) is 0 Å². The fourth-order valence-electron chi connectivity index (χ4n) is 6.16. The van der Waals surface area contributed by atoms with Crippen molar-refractivity contribution in [1.82, 2.24) is 0 Å². The quantitative estimate of drug-likeness (QED) is 0.0758. The Hall–Kier alpha value is -8.16. The Bertz CT molecular complexity index is 2040. The van der Waals surface area contributed by atoms with Crippen LogP contribution >= 0.6 is 0 Å². The first-order valence-electron chi connectivity index (χ1n) is 16.3. The highest BCUT2D eigenvalue weighted by Crippen LogP contribution is 2.39. The Morgan fingerprint density at radius 3 is 0.607 bits per heavy atom. The van der Waals surface area contributed by atoms with Crippen molar-refractivity contribution in [3.8, 4) is 23.0 Å². The summed E-state index contributed by atoms with van der Waals surface area (Å²) in [5, 5.41) is 46.7. The summed E-state index contributed by atoms with van der Waals surface area (Å²) in [6.45, 7) is 0. The van der Waals surface area contributed by atoms with Crippen LogP contribution in [0, 0.1) is 0 Å². The van der Waals surface area contributed by atoms with Crippen LogP contribution in [0.1, 0.15) is 85.9 Å². The highest BCUT2D eigenvalue weighted by atomic mass is 16.3. The Morgan fingerprint density at radius 1 is 0.339 bits per heavy atom. The van der Waals surface area contributed by atoms with Crippen LogP contribution in [-0.4, -0.2) is 67.9 Å². The number of nitrogens with zero attached hydrogens (tertiary/aromatic N) is 4. The molecule has 20 heteroatoms. The summed E-state index contributed by atoms with van der Waals surface area (Å²) in [5.41, 5.74) is 43.3. The molecule has 20 N–H and O–H groups in total. The SMILES string of the molecule is NC(N)=NC(=O)c1cc2c(O)c(c1)Cc1cc(C(=O)N=C(N)N)cc(c1O)Cc1cc(C(=O)N=C(N)N)cc(c1O)Cc1cc(C(=O)N=C(N)N)cc(c1O)C2. The maximum atomic E-state index is 13.1. The van der Waals surface area contributed by atoms with E-state index >= 15 is 0 Å². The molecule has 1 aliphatic carbocycles. The molecule has 0 heterocycles. The van der Waals surface area contributed by atoms with Crippen molar-refractivity contribution in [3.63, 3.8) is 0 Å². The van der Waals surface area contributed by atoms with Gasteiger partial charge in [0.25, 0.3) is 23.6 Å². The highest BCUT2D eigenvalue weighted by Gasteiger charge is 2.25. The molecule has 4 aromatic carbocycles. The van der Waals surface area contributed by atoms with Gasteiger partial charge in [0.15, 0.2) is 23.8 Å². The second-order valence-electron chi connectivity index (χ2n) is 12.6. The van der Waals surface area contributed by atoms with E-state index in [2.05, 4.69) is 20.0 Å². The molecule has 0 aromatic heterocycles. The van der Waals surface area contributed by atoms with Gasteiger partial charge >= 0.3 is 0 Å². The first-order chi connectivity index (χ1) is 26.3. The Labute approximate surface area is 316 Å². The molecule has 0 spiro atoms. The van der Waals surface area contributed by atoms with Gasteiger partial charge < -0.3 is 66.3 Å². The molecule has 5 rings (SSSR count). The van der Waals surface area contributed by atoms with Crippen molar-refractivity contribution < 1.29 is 39.6 Å². The minimum Gasteiger partial charge on any atom is -0.507 e. The lowest BCUT2D eigenvalue weighted by molar-refractivity contribution is 0.0994. The first kappa shape index (κ1) is 39.1. The van der Waals surface area contributed by atoms with Crippen LogP contribution in [0.15, 0.2) is 68.5 Å². The Balaban J connectivity index is 1.90. The molecule has 0 fully saturated rings. The number of nitrogens with two attached hydrogens (primary N) is 8. The first-order valence-corrected chi connectivity index (χ1v) is 16.3. The number of phenols is 4. The number of fused-ring (bicyclic) bond motifs is 8. The lowest BCUT2D eigenvalue weighted by Crippen LogP contribution is -2.24. The number of guanidine groups is 4. The van der Waals surface area contributed by atoms with E-state index in [0.717, 1.165) is 0 Å². The van der Waals surface area contributed by atoms with Crippen LogP contribution in [0.25, 0.3) is 0 Å². The third-order valence-electron chi connectivity index (χ3n) is 8.51. The number of amides is 4. The minimum atomic E-state index is -0.912. The average Bonchev–Trinajstić information content (AvgIpc) is 3.09. The molecule has 0 saturated carbocycles. The van der Waals surface area contributed by atoms with Gasteiger partial charge in [-0.05, 0) is 93.0 Å². The predicted octanol–water partition coefficient (Wildman–Crippen LogP) is -1.16. The van der Waals surface area contributed by atoms with E-state index < -0.39 is 70.5 Å². The number of benzene rings is 4. The molecule has 0 unspecified atom stereocenters. The number of hydrogen-bond donors (Lipinski definition) is 12. The number of carbonyl (C=O) groups excluding carboxylic acids is 4. The molecule has 4 aromatic rings. The van der Waals surface area contributed by atoms with Crippen LogP contribution in [0.4, 0.5) is 0 Å². The van der Waals surface area contributed by atoms with Crippen molar-refractivity contribution >= 4 is 47.5 Å². The van der Waals surface area contributed by atoms with Crippen molar-refractivity contribution in [1.29, 1.82) is 0 Å². The van der Waals surface area contributed by atoms with Gasteiger partial charge in [0.1, 0.15) is 23.0 Å². The van der Waals surface area contributed by atoms with E-state index in [9.17, 15) is 39.6 Å². The average molecular weight is 765 g/mol. The normalized spacial score (nSPS) is 11.7. The summed E-state index contributed by atoms with van der Waals surface area (Å²) in [4.78, 5) is 66.9. The minimum absolute atomic E-state index is 0.0128. The number of phenolic OH excluding ortho intramolecular Hbond substituents is 4. The van der Waals surface area contributed by atoms with E-state index in [0.29, 0.717) is 0 Å². The predicted molar refractivity (Wildman–Crippen MR) is 204 cm³/mol. The zero-order chi connectivity index (χ0) is 41.2. The second kappa shape index (κ2) is 15.4. The van der Waals surface area contributed by atoms with Gasteiger partial charge in [-0.3, -0.25) is 19.2 Å². The van der Waals surface area contributed by atoms with Crippen LogP contribution in [0.2, 0.25) is 0 Å². The summed E-state index contributed by atoms with van der Waals surface area (Å²) in [5.74, 6) is -7.52. The molecule has 288 valence electrons.